The van der Waals surface area contributed by atoms with E-state index >= 15 is 0 Å². The predicted molar refractivity (Wildman–Crippen MR) is 116 cm³/mol. The number of nitrogens with one attached hydrogen (secondary N) is 2. The van der Waals surface area contributed by atoms with Gasteiger partial charge < -0.3 is 20.1 Å². The molecule has 0 radical (unpaired) electrons. The van der Waals surface area contributed by atoms with Crippen LogP contribution in [-0.4, -0.2) is 29.1 Å². The van der Waals surface area contributed by atoms with E-state index in [9.17, 15) is 10.1 Å². The number of anilines is 4. The number of halogens is 2. The monoisotopic (exact) mass is 449 g/mol. The molecule has 0 aliphatic carbocycles. The van der Waals surface area contributed by atoms with Crippen LogP contribution in [0.3, 0.4) is 0 Å². The first-order valence-corrected chi connectivity index (χ1v) is 9.31. The van der Waals surface area contributed by atoms with Gasteiger partial charge in [-0.25, -0.2) is 9.97 Å². The summed E-state index contributed by atoms with van der Waals surface area (Å²) < 4.78 is 10.5. The molecule has 3 rings (SSSR count). The molecule has 2 N–H and O–H groups in total. The van der Waals surface area contributed by atoms with Crippen molar-refractivity contribution in [1.29, 1.82) is 0 Å². The first kappa shape index (κ1) is 21.4. The molecular formula is C19H17Cl2N5O4. The predicted octanol–water partition coefficient (Wildman–Crippen LogP) is 5.50. The zero-order chi connectivity index (χ0) is 21.8. The van der Waals surface area contributed by atoms with Crippen molar-refractivity contribution in [3.05, 3.63) is 62.4 Å². The number of rotatable bonds is 7. The summed E-state index contributed by atoms with van der Waals surface area (Å²) in [6.07, 6.45) is 1.20. The summed E-state index contributed by atoms with van der Waals surface area (Å²) in [6, 6.07) is 8.29. The van der Waals surface area contributed by atoms with Crippen LogP contribution in [0.4, 0.5) is 28.7 Å². The largest absolute Gasteiger partial charge is 0.495 e. The first-order chi connectivity index (χ1) is 14.3. The van der Waals surface area contributed by atoms with Crippen molar-refractivity contribution in [2.75, 3.05) is 24.9 Å². The molecule has 1 aromatic heterocycles. The molecule has 9 nitrogen and oxygen atoms in total. The van der Waals surface area contributed by atoms with Gasteiger partial charge in [-0.3, -0.25) is 10.1 Å². The Labute approximate surface area is 182 Å². The molecule has 156 valence electrons. The van der Waals surface area contributed by atoms with Gasteiger partial charge in [-0.05, 0) is 30.7 Å². The highest BCUT2D eigenvalue weighted by molar-refractivity contribution is 6.32. The fraction of sp³-hybridized carbons (Fsp3) is 0.158. The standard InChI is InChI=1S/C19H17Cl2N5O4/c1-10-11(20)5-4-6-13(10)24-18-17(26(27)28)19(23-9-22-18)25-14-7-12(21)15(29-2)8-16(14)30-3/h4-9H,1-3H3,(H2,22,23,24,25). The smallest absolute Gasteiger partial charge is 0.353 e. The van der Waals surface area contributed by atoms with Crippen LogP contribution in [-0.2, 0) is 0 Å². The zero-order valence-corrected chi connectivity index (χ0v) is 17.7. The van der Waals surface area contributed by atoms with Gasteiger partial charge in [-0.15, -0.1) is 0 Å². The SMILES string of the molecule is COc1cc(OC)c(Nc2ncnc(Nc3cccc(Cl)c3C)c2[N+](=O)[O-])cc1Cl. The van der Waals surface area contributed by atoms with Crippen LogP contribution in [0.1, 0.15) is 5.56 Å². The van der Waals surface area contributed by atoms with E-state index in [1.807, 2.05) is 0 Å². The second-order valence-corrected chi connectivity index (χ2v) is 6.84. The number of methoxy groups -OCH3 is 2. The van der Waals surface area contributed by atoms with Crippen molar-refractivity contribution in [2.24, 2.45) is 0 Å². The number of nitro groups is 1. The summed E-state index contributed by atoms with van der Waals surface area (Å²) >= 11 is 12.3. The summed E-state index contributed by atoms with van der Waals surface area (Å²) in [7, 11) is 2.93. The molecule has 0 fully saturated rings. The highest BCUT2D eigenvalue weighted by Crippen LogP contribution is 2.40. The molecule has 0 saturated heterocycles. The minimum absolute atomic E-state index is 0.00134. The van der Waals surface area contributed by atoms with Crippen molar-refractivity contribution in [3.63, 3.8) is 0 Å². The van der Waals surface area contributed by atoms with E-state index in [4.69, 9.17) is 32.7 Å². The third-order valence-electron chi connectivity index (χ3n) is 4.25. The summed E-state index contributed by atoms with van der Waals surface area (Å²) in [4.78, 5) is 19.3. The van der Waals surface area contributed by atoms with Crippen LogP contribution >= 0.6 is 23.2 Å². The molecule has 30 heavy (non-hydrogen) atoms. The van der Waals surface area contributed by atoms with E-state index in [0.717, 1.165) is 5.56 Å². The zero-order valence-electron chi connectivity index (χ0n) is 16.2. The van der Waals surface area contributed by atoms with Gasteiger partial charge in [0.05, 0.1) is 29.9 Å². The second kappa shape index (κ2) is 9.02. The molecule has 11 heteroatoms. The van der Waals surface area contributed by atoms with E-state index in [1.54, 1.807) is 31.2 Å². The summed E-state index contributed by atoms with van der Waals surface area (Å²) in [5, 5.41) is 18.5. The van der Waals surface area contributed by atoms with E-state index in [1.165, 1.54) is 26.6 Å². The number of aromatic nitrogens is 2. The van der Waals surface area contributed by atoms with Gasteiger partial charge in [0, 0.05) is 16.8 Å². The number of hydrogen-bond donors (Lipinski definition) is 2. The lowest BCUT2D eigenvalue weighted by Crippen LogP contribution is -2.06. The highest BCUT2D eigenvalue weighted by atomic mass is 35.5. The molecule has 0 atom stereocenters. The Balaban J connectivity index is 2.05. The molecule has 0 saturated carbocycles. The normalized spacial score (nSPS) is 10.4. The lowest BCUT2D eigenvalue weighted by molar-refractivity contribution is -0.383. The van der Waals surface area contributed by atoms with Gasteiger partial charge in [-0.2, -0.15) is 0 Å². The van der Waals surface area contributed by atoms with E-state index < -0.39 is 4.92 Å². The van der Waals surface area contributed by atoms with Crippen molar-refractivity contribution in [2.45, 2.75) is 6.92 Å². The summed E-state index contributed by atoms with van der Waals surface area (Å²) in [5.41, 5.74) is 1.33. The van der Waals surface area contributed by atoms with E-state index in [2.05, 4.69) is 20.6 Å². The van der Waals surface area contributed by atoms with Gasteiger partial charge >= 0.3 is 5.69 Å². The fourth-order valence-corrected chi connectivity index (χ4v) is 3.11. The van der Waals surface area contributed by atoms with Crippen LogP contribution in [0.2, 0.25) is 10.0 Å². The van der Waals surface area contributed by atoms with E-state index in [0.29, 0.717) is 32.9 Å². The molecule has 0 amide bonds. The van der Waals surface area contributed by atoms with Crippen molar-refractivity contribution < 1.29 is 14.4 Å². The maximum absolute atomic E-state index is 11.8. The molecule has 1 heterocycles. The number of nitrogens with zero attached hydrogens (tertiary/aromatic N) is 3. The average Bonchev–Trinajstić information content (AvgIpc) is 2.71. The summed E-state index contributed by atoms with van der Waals surface area (Å²) in [5.74, 6) is 0.720. The van der Waals surface area contributed by atoms with Gasteiger partial charge in [0.15, 0.2) is 0 Å². The Morgan fingerprint density at radius 1 is 0.967 bits per heavy atom. The van der Waals surface area contributed by atoms with Gasteiger partial charge in [-0.1, -0.05) is 29.3 Å². The topological polar surface area (TPSA) is 111 Å². The molecule has 0 aliphatic heterocycles. The third kappa shape index (κ3) is 4.32. The van der Waals surface area contributed by atoms with Gasteiger partial charge in [0.2, 0.25) is 11.6 Å². The Morgan fingerprint density at radius 2 is 1.60 bits per heavy atom. The molecular weight excluding hydrogens is 433 g/mol. The fourth-order valence-electron chi connectivity index (χ4n) is 2.69. The maximum atomic E-state index is 11.8. The van der Waals surface area contributed by atoms with Crippen LogP contribution in [0.5, 0.6) is 11.5 Å². The lowest BCUT2D eigenvalue weighted by Gasteiger charge is -2.15. The minimum atomic E-state index is -0.581. The minimum Gasteiger partial charge on any atom is -0.495 e. The lowest BCUT2D eigenvalue weighted by atomic mass is 10.2. The van der Waals surface area contributed by atoms with Gasteiger partial charge in [0.1, 0.15) is 17.8 Å². The summed E-state index contributed by atoms with van der Waals surface area (Å²) in [6.45, 7) is 1.79. The first-order valence-electron chi connectivity index (χ1n) is 8.55. The van der Waals surface area contributed by atoms with Crippen LogP contribution in [0.15, 0.2) is 36.7 Å². The second-order valence-electron chi connectivity index (χ2n) is 6.03. The Hall–Kier alpha value is -3.30. The molecule has 3 aromatic rings. The average molecular weight is 450 g/mol. The molecule has 0 spiro atoms. The molecule has 0 aliphatic rings. The number of ether oxygens (including phenoxy) is 2. The number of benzene rings is 2. The highest BCUT2D eigenvalue weighted by Gasteiger charge is 2.25. The Morgan fingerprint density at radius 3 is 2.20 bits per heavy atom. The van der Waals surface area contributed by atoms with Crippen LogP contribution in [0.25, 0.3) is 0 Å². The third-order valence-corrected chi connectivity index (χ3v) is 4.96. The Bertz CT molecular complexity index is 1110. The van der Waals surface area contributed by atoms with Crippen molar-refractivity contribution in [3.8, 4) is 11.5 Å². The molecule has 0 bridgehead atoms. The Kier molecular flexibility index (Phi) is 6.43. The van der Waals surface area contributed by atoms with E-state index in [-0.39, 0.29) is 17.3 Å². The molecule has 2 aromatic carbocycles. The molecule has 0 unspecified atom stereocenters. The van der Waals surface area contributed by atoms with Gasteiger partial charge in [0.25, 0.3) is 0 Å². The van der Waals surface area contributed by atoms with Crippen LogP contribution < -0.4 is 20.1 Å². The maximum Gasteiger partial charge on any atom is 0.353 e. The number of hydrogen-bond acceptors (Lipinski definition) is 8. The van der Waals surface area contributed by atoms with Crippen molar-refractivity contribution in [1.82, 2.24) is 9.97 Å². The van der Waals surface area contributed by atoms with Crippen molar-refractivity contribution >= 4 is 51.9 Å². The van der Waals surface area contributed by atoms with Crippen LogP contribution in [0, 0.1) is 17.0 Å². The quantitative estimate of drug-likeness (QED) is 0.358.